The van der Waals surface area contributed by atoms with E-state index < -0.39 is 12.1 Å². The van der Waals surface area contributed by atoms with E-state index in [1.54, 1.807) is 36.4 Å². The topological polar surface area (TPSA) is 73.9 Å². The maximum absolute atomic E-state index is 12.4. The van der Waals surface area contributed by atoms with Crippen molar-refractivity contribution in [3.8, 4) is 11.5 Å². The number of cyclic esters (lactones) is 1. The van der Waals surface area contributed by atoms with E-state index in [0.717, 1.165) is 0 Å². The number of nitrogens with one attached hydrogen (secondary N) is 1. The predicted octanol–water partition coefficient (Wildman–Crippen LogP) is 3.60. The Bertz CT molecular complexity index is 836. The molecular formula is C18H16ClNO5. The minimum Gasteiger partial charge on any atom is -0.495 e. The predicted molar refractivity (Wildman–Crippen MR) is 92.4 cm³/mol. The molecule has 0 saturated carbocycles. The Morgan fingerprint density at radius 3 is 2.64 bits per heavy atom. The molecule has 0 saturated heterocycles. The van der Waals surface area contributed by atoms with Crippen LogP contribution in [0.1, 0.15) is 28.4 Å². The van der Waals surface area contributed by atoms with E-state index in [2.05, 4.69) is 5.32 Å². The largest absolute Gasteiger partial charge is 0.495 e. The molecule has 3 rings (SSSR count). The quantitative estimate of drug-likeness (QED) is 0.824. The minimum absolute atomic E-state index is 0.00313. The van der Waals surface area contributed by atoms with Gasteiger partial charge in [-0.05, 0) is 6.07 Å². The second-order valence-corrected chi connectivity index (χ2v) is 5.83. The molecule has 7 heteroatoms. The van der Waals surface area contributed by atoms with Crippen molar-refractivity contribution in [2.24, 2.45) is 0 Å². The smallest absolute Gasteiger partial charge is 0.339 e. The number of hydrogen-bond acceptors (Lipinski definition) is 5. The Labute approximate surface area is 149 Å². The molecule has 1 amide bonds. The number of methoxy groups -OCH3 is 2. The fourth-order valence-corrected chi connectivity index (χ4v) is 2.93. The van der Waals surface area contributed by atoms with Gasteiger partial charge in [-0.1, -0.05) is 29.8 Å². The molecule has 0 aromatic heterocycles. The second kappa shape index (κ2) is 7.03. The average molecular weight is 362 g/mol. The Morgan fingerprint density at radius 2 is 1.92 bits per heavy atom. The van der Waals surface area contributed by atoms with Crippen LogP contribution in [0, 0.1) is 0 Å². The highest BCUT2D eigenvalue weighted by molar-refractivity contribution is 6.32. The monoisotopic (exact) mass is 361 g/mol. The number of carbonyl (C=O) groups is 2. The van der Waals surface area contributed by atoms with Crippen LogP contribution in [0.25, 0.3) is 0 Å². The molecule has 1 heterocycles. The van der Waals surface area contributed by atoms with Gasteiger partial charge in [-0.25, -0.2) is 4.79 Å². The van der Waals surface area contributed by atoms with Crippen molar-refractivity contribution in [3.05, 3.63) is 52.5 Å². The van der Waals surface area contributed by atoms with Gasteiger partial charge in [0.1, 0.15) is 17.6 Å². The van der Waals surface area contributed by atoms with Crippen molar-refractivity contribution in [2.45, 2.75) is 12.5 Å². The van der Waals surface area contributed by atoms with Gasteiger partial charge in [0.05, 0.1) is 36.9 Å². The van der Waals surface area contributed by atoms with Gasteiger partial charge in [0.25, 0.3) is 0 Å². The molecule has 0 radical (unpaired) electrons. The van der Waals surface area contributed by atoms with Crippen LogP contribution in [-0.2, 0) is 9.53 Å². The summed E-state index contributed by atoms with van der Waals surface area (Å²) < 4.78 is 15.7. The summed E-state index contributed by atoms with van der Waals surface area (Å²) in [5.41, 5.74) is 1.63. The van der Waals surface area contributed by atoms with Crippen LogP contribution in [0.4, 0.5) is 5.69 Å². The minimum atomic E-state index is -0.608. The first-order chi connectivity index (χ1) is 12.0. The zero-order valence-corrected chi connectivity index (χ0v) is 14.4. The highest BCUT2D eigenvalue weighted by Crippen LogP contribution is 2.37. The summed E-state index contributed by atoms with van der Waals surface area (Å²) in [6.07, 6.45) is -0.611. The molecule has 6 nitrogen and oxygen atoms in total. The lowest BCUT2D eigenvalue weighted by atomic mass is 10.0. The third-order valence-corrected chi connectivity index (χ3v) is 4.19. The number of halogens is 1. The van der Waals surface area contributed by atoms with Gasteiger partial charge < -0.3 is 19.5 Å². The SMILES string of the molecule is COc1cc(NC(=O)CC2OC(=O)c3ccccc32)c(OC)cc1Cl. The Kier molecular flexibility index (Phi) is 4.81. The lowest BCUT2D eigenvalue weighted by Crippen LogP contribution is -2.16. The van der Waals surface area contributed by atoms with Gasteiger partial charge in [0.15, 0.2) is 0 Å². The Hall–Kier alpha value is -2.73. The van der Waals surface area contributed by atoms with Crippen molar-refractivity contribution >= 4 is 29.2 Å². The number of carbonyl (C=O) groups excluding carboxylic acids is 2. The van der Waals surface area contributed by atoms with Crippen LogP contribution in [0.5, 0.6) is 11.5 Å². The molecule has 0 fully saturated rings. The lowest BCUT2D eigenvalue weighted by molar-refractivity contribution is -0.118. The summed E-state index contributed by atoms with van der Waals surface area (Å²) in [6, 6.07) is 10.2. The number of esters is 1. The van der Waals surface area contributed by atoms with Crippen LogP contribution >= 0.6 is 11.6 Å². The third kappa shape index (κ3) is 3.39. The van der Waals surface area contributed by atoms with E-state index in [-0.39, 0.29) is 12.3 Å². The van der Waals surface area contributed by atoms with E-state index >= 15 is 0 Å². The standard InChI is InChI=1S/C18H16ClNO5/c1-23-15-8-13(16(24-2)7-12(15)19)20-17(21)9-14-10-5-3-4-6-11(10)18(22)25-14/h3-8,14H,9H2,1-2H3,(H,20,21). The van der Waals surface area contributed by atoms with E-state index in [0.29, 0.717) is 33.3 Å². The second-order valence-electron chi connectivity index (χ2n) is 5.42. The number of fused-ring (bicyclic) bond motifs is 1. The van der Waals surface area contributed by atoms with Crippen molar-refractivity contribution in [1.82, 2.24) is 0 Å². The summed E-state index contributed by atoms with van der Waals surface area (Å²) in [5.74, 6) is 0.0784. The van der Waals surface area contributed by atoms with Crippen molar-refractivity contribution in [1.29, 1.82) is 0 Å². The molecule has 130 valence electrons. The highest BCUT2D eigenvalue weighted by atomic mass is 35.5. The van der Waals surface area contributed by atoms with E-state index in [4.69, 9.17) is 25.8 Å². The zero-order chi connectivity index (χ0) is 18.0. The Balaban J connectivity index is 1.77. The summed E-state index contributed by atoms with van der Waals surface area (Å²) >= 11 is 6.05. The van der Waals surface area contributed by atoms with E-state index in [9.17, 15) is 9.59 Å². The maximum atomic E-state index is 12.4. The third-order valence-electron chi connectivity index (χ3n) is 3.90. The van der Waals surface area contributed by atoms with Crippen molar-refractivity contribution < 1.29 is 23.8 Å². The van der Waals surface area contributed by atoms with Gasteiger partial charge in [0, 0.05) is 17.7 Å². The molecule has 0 bridgehead atoms. The number of anilines is 1. The van der Waals surface area contributed by atoms with Gasteiger partial charge in [-0.3, -0.25) is 4.79 Å². The molecule has 25 heavy (non-hydrogen) atoms. The highest BCUT2D eigenvalue weighted by Gasteiger charge is 2.32. The van der Waals surface area contributed by atoms with E-state index in [1.807, 2.05) is 0 Å². The van der Waals surface area contributed by atoms with Crippen molar-refractivity contribution in [2.75, 3.05) is 19.5 Å². The summed E-state index contributed by atoms with van der Waals surface area (Å²) in [4.78, 5) is 24.2. The van der Waals surface area contributed by atoms with Crippen LogP contribution in [0.15, 0.2) is 36.4 Å². The maximum Gasteiger partial charge on any atom is 0.339 e. The molecule has 1 unspecified atom stereocenters. The Morgan fingerprint density at radius 1 is 1.20 bits per heavy atom. The van der Waals surface area contributed by atoms with Gasteiger partial charge in [0.2, 0.25) is 5.91 Å². The molecule has 2 aromatic rings. The van der Waals surface area contributed by atoms with Gasteiger partial charge in [-0.2, -0.15) is 0 Å². The van der Waals surface area contributed by atoms with Crippen LogP contribution in [-0.4, -0.2) is 26.1 Å². The summed E-state index contributed by atoms with van der Waals surface area (Å²) in [7, 11) is 2.96. The molecule has 0 spiro atoms. The van der Waals surface area contributed by atoms with Crippen LogP contribution in [0.2, 0.25) is 5.02 Å². The molecule has 1 atom stereocenters. The summed E-state index contributed by atoms with van der Waals surface area (Å²) in [5, 5.41) is 3.11. The number of amides is 1. The zero-order valence-electron chi connectivity index (χ0n) is 13.7. The average Bonchev–Trinajstić information content (AvgIpc) is 2.92. The molecule has 2 aromatic carbocycles. The van der Waals surface area contributed by atoms with Gasteiger partial charge >= 0.3 is 5.97 Å². The number of rotatable bonds is 5. The molecule has 1 aliphatic rings. The van der Waals surface area contributed by atoms with E-state index in [1.165, 1.54) is 14.2 Å². The first kappa shape index (κ1) is 17.1. The lowest BCUT2D eigenvalue weighted by Gasteiger charge is -2.15. The normalized spacial score (nSPS) is 15.3. The fourth-order valence-electron chi connectivity index (χ4n) is 2.70. The van der Waals surface area contributed by atoms with Crippen LogP contribution < -0.4 is 14.8 Å². The first-order valence-corrected chi connectivity index (χ1v) is 7.92. The molecular weight excluding hydrogens is 346 g/mol. The van der Waals surface area contributed by atoms with Gasteiger partial charge in [-0.15, -0.1) is 0 Å². The molecule has 1 aliphatic heterocycles. The molecule has 0 aliphatic carbocycles. The molecule has 1 N–H and O–H groups in total. The number of hydrogen-bond donors (Lipinski definition) is 1. The number of ether oxygens (including phenoxy) is 3. The summed E-state index contributed by atoms with van der Waals surface area (Å²) in [6.45, 7) is 0. The number of benzene rings is 2. The van der Waals surface area contributed by atoms with Crippen LogP contribution in [0.3, 0.4) is 0 Å². The van der Waals surface area contributed by atoms with Crippen molar-refractivity contribution in [3.63, 3.8) is 0 Å². The fraction of sp³-hybridized carbons (Fsp3) is 0.222. The first-order valence-electron chi connectivity index (χ1n) is 7.54.